The van der Waals surface area contributed by atoms with Gasteiger partial charge in [-0.25, -0.2) is 0 Å². The second-order valence-corrected chi connectivity index (χ2v) is 15.3. The van der Waals surface area contributed by atoms with Crippen molar-refractivity contribution in [3.63, 3.8) is 0 Å². The van der Waals surface area contributed by atoms with Gasteiger partial charge < -0.3 is 4.42 Å². The van der Waals surface area contributed by atoms with E-state index in [4.69, 9.17) is 9.40 Å². The zero-order chi connectivity index (χ0) is 36.5. The first-order chi connectivity index (χ1) is 27.8. The van der Waals surface area contributed by atoms with Gasteiger partial charge in [0.1, 0.15) is 11.2 Å². The Morgan fingerprint density at radius 2 is 0.929 bits per heavy atom. The molecule has 1 unspecified atom stereocenters. The molecule has 11 aromatic rings. The molecular weight excluding hydrogens is 679 g/mol. The maximum Gasteiger partial charge on any atom is 0.136 e. The third-order valence-corrected chi connectivity index (χ3v) is 12.7. The molecule has 0 N–H and O–H groups in total. The maximum atomic E-state index is 6.66. The quantitative estimate of drug-likeness (QED) is 0.167. The van der Waals surface area contributed by atoms with E-state index < -0.39 is 5.41 Å². The smallest absolute Gasteiger partial charge is 0.136 e. The van der Waals surface area contributed by atoms with Crippen LogP contribution in [0, 0.1) is 0 Å². The van der Waals surface area contributed by atoms with Crippen LogP contribution < -0.4 is 0 Å². The number of hydrogen-bond donors (Lipinski definition) is 0. The molecule has 2 nitrogen and oxygen atoms in total. The Morgan fingerprint density at radius 3 is 1.64 bits per heavy atom. The maximum absolute atomic E-state index is 6.66. The summed E-state index contributed by atoms with van der Waals surface area (Å²) >= 11 is 0. The minimum Gasteiger partial charge on any atom is -0.456 e. The van der Waals surface area contributed by atoms with Gasteiger partial charge in [0.25, 0.3) is 0 Å². The predicted octanol–water partition coefficient (Wildman–Crippen LogP) is 14.1. The van der Waals surface area contributed by atoms with Crippen LogP contribution in [0.3, 0.4) is 0 Å². The lowest BCUT2D eigenvalue weighted by Gasteiger charge is -2.31. The molecular formula is C54H31NO. The van der Waals surface area contributed by atoms with Crippen molar-refractivity contribution in [2.45, 2.75) is 5.41 Å². The molecule has 2 heteroatoms. The molecule has 13 rings (SSSR count). The molecule has 0 bridgehead atoms. The molecule has 2 aromatic heterocycles. The average Bonchev–Trinajstić information content (AvgIpc) is 3.88. The SMILES string of the molecule is c1ccc(-c2c3ccccc3c(-c3ccc4c(c3)C3(c5ccccc5-4)c4ccccc4-c4cc5oc6ccc7ncccc7c6c5cc43)c3ccccc23)cc1. The Bertz CT molecular complexity index is 3430. The summed E-state index contributed by atoms with van der Waals surface area (Å²) in [6.07, 6.45) is 1.87. The number of fused-ring (bicyclic) bond motifs is 17. The summed E-state index contributed by atoms with van der Waals surface area (Å²) in [6, 6.07) is 67.2. The van der Waals surface area contributed by atoms with Crippen molar-refractivity contribution in [3.05, 3.63) is 210 Å². The Hall–Kier alpha value is -7.29. The minimum atomic E-state index is -0.524. The van der Waals surface area contributed by atoms with E-state index in [2.05, 4.69) is 176 Å². The normalized spacial score (nSPS) is 15.2. The third kappa shape index (κ3) is 3.73. The zero-order valence-electron chi connectivity index (χ0n) is 30.3. The zero-order valence-corrected chi connectivity index (χ0v) is 30.3. The molecule has 9 aromatic carbocycles. The standard InChI is InChI=1S/C54H31NO/c1-2-13-32(14-3-1)51-37-17-4-6-19-39(37)52(40-20-7-5-18-38(40)51)33-24-25-36-34-15-8-10-22-44(34)54(46(36)29-33)45-23-11-9-16-35(45)42-31-50-43(30-47(42)54)53-41-21-12-28-55-48(41)26-27-49(53)56-50/h1-31H. The van der Waals surface area contributed by atoms with Gasteiger partial charge in [-0.3, -0.25) is 4.98 Å². The minimum absolute atomic E-state index is 0.524. The number of rotatable bonds is 2. The Morgan fingerprint density at radius 1 is 0.357 bits per heavy atom. The van der Waals surface area contributed by atoms with Crippen LogP contribution in [0.5, 0.6) is 0 Å². The van der Waals surface area contributed by atoms with Gasteiger partial charge in [-0.05, 0) is 125 Å². The van der Waals surface area contributed by atoms with E-state index in [-0.39, 0.29) is 0 Å². The Balaban J connectivity index is 1.16. The molecule has 0 saturated heterocycles. The van der Waals surface area contributed by atoms with Crippen molar-refractivity contribution in [3.8, 4) is 44.5 Å². The first-order valence-electron chi connectivity index (χ1n) is 19.4. The summed E-state index contributed by atoms with van der Waals surface area (Å²) in [4.78, 5) is 4.72. The van der Waals surface area contributed by atoms with Crippen LogP contribution in [0.4, 0.5) is 0 Å². The fraction of sp³-hybridized carbons (Fsp3) is 0.0185. The molecule has 0 amide bonds. The van der Waals surface area contributed by atoms with Crippen molar-refractivity contribution in [1.82, 2.24) is 4.98 Å². The molecule has 56 heavy (non-hydrogen) atoms. The van der Waals surface area contributed by atoms with Crippen LogP contribution >= 0.6 is 0 Å². The molecule has 2 aliphatic rings. The van der Waals surface area contributed by atoms with E-state index in [1.54, 1.807) is 0 Å². The van der Waals surface area contributed by atoms with Gasteiger partial charge in [-0.2, -0.15) is 0 Å². The Kier molecular flexibility index (Phi) is 5.86. The summed E-state index contributed by atoms with van der Waals surface area (Å²) in [5, 5.41) is 8.40. The van der Waals surface area contributed by atoms with E-state index in [0.717, 1.165) is 32.8 Å². The highest BCUT2D eigenvalue weighted by Gasteiger charge is 2.52. The van der Waals surface area contributed by atoms with E-state index in [9.17, 15) is 0 Å². The van der Waals surface area contributed by atoms with Gasteiger partial charge in [0.15, 0.2) is 0 Å². The lowest BCUT2D eigenvalue weighted by molar-refractivity contribution is 0.669. The highest BCUT2D eigenvalue weighted by molar-refractivity contribution is 6.22. The highest BCUT2D eigenvalue weighted by atomic mass is 16.3. The second-order valence-electron chi connectivity index (χ2n) is 15.3. The fourth-order valence-electron chi connectivity index (χ4n) is 10.6. The molecule has 0 fully saturated rings. The fourth-order valence-corrected chi connectivity index (χ4v) is 10.6. The van der Waals surface area contributed by atoms with Crippen LogP contribution in [0.25, 0.3) is 98.9 Å². The number of nitrogens with zero attached hydrogens (tertiary/aromatic N) is 1. The first kappa shape index (κ1) is 30.1. The summed E-state index contributed by atoms with van der Waals surface area (Å²) in [5.41, 5.74) is 17.6. The van der Waals surface area contributed by atoms with Crippen molar-refractivity contribution in [1.29, 1.82) is 0 Å². The lowest BCUT2D eigenvalue weighted by Crippen LogP contribution is -2.25. The number of aromatic nitrogens is 1. The van der Waals surface area contributed by atoms with Crippen molar-refractivity contribution in [2.24, 2.45) is 0 Å². The average molecular weight is 710 g/mol. The number of hydrogen-bond acceptors (Lipinski definition) is 2. The lowest BCUT2D eigenvalue weighted by atomic mass is 9.70. The summed E-state index contributed by atoms with van der Waals surface area (Å²) in [7, 11) is 0. The summed E-state index contributed by atoms with van der Waals surface area (Å²) in [6.45, 7) is 0. The van der Waals surface area contributed by atoms with Gasteiger partial charge >= 0.3 is 0 Å². The van der Waals surface area contributed by atoms with Crippen molar-refractivity contribution in [2.75, 3.05) is 0 Å². The van der Waals surface area contributed by atoms with Gasteiger partial charge in [-0.15, -0.1) is 0 Å². The molecule has 2 heterocycles. The summed E-state index contributed by atoms with van der Waals surface area (Å²) in [5.74, 6) is 0. The molecule has 0 saturated carbocycles. The molecule has 258 valence electrons. The van der Waals surface area contributed by atoms with Gasteiger partial charge in [0, 0.05) is 22.4 Å². The molecule has 2 aliphatic carbocycles. The van der Waals surface area contributed by atoms with Crippen LogP contribution in [0.15, 0.2) is 193 Å². The van der Waals surface area contributed by atoms with E-state index in [1.807, 2.05) is 12.3 Å². The largest absolute Gasteiger partial charge is 0.456 e. The van der Waals surface area contributed by atoms with E-state index in [1.165, 1.54) is 88.3 Å². The molecule has 0 radical (unpaired) electrons. The number of benzene rings is 9. The first-order valence-corrected chi connectivity index (χ1v) is 19.4. The van der Waals surface area contributed by atoms with Crippen LogP contribution in [0.2, 0.25) is 0 Å². The monoisotopic (exact) mass is 709 g/mol. The van der Waals surface area contributed by atoms with Gasteiger partial charge in [0.05, 0.1) is 10.9 Å². The third-order valence-electron chi connectivity index (χ3n) is 12.7. The van der Waals surface area contributed by atoms with Crippen LogP contribution in [0.1, 0.15) is 22.3 Å². The van der Waals surface area contributed by atoms with Crippen molar-refractivity contribution >= 4 is 54.4 Å². The highest BCUT2D eigenvalue weighted by Crippen LogP contribution is 2.64. The molecule has 0 aliphatic heterocycles. The molecule has 1 spiro atoms. The topological polar surface area (TPSA) is 26.0 Å². The van der Waals surface area contributed by atoms with Gasteiger partial charge in [0.2, 0.25) is 0 Å². The van der Waals surface area contributed by atoms with Crippen molar-refractivity contribution < 1.29 is 4.42 Å². The Labute approximate surface area is 322 Å². The molecule has 1 atom stereocenters. The van der Waals surface area contributed by atoms with Crippen LogP contribution in [-0.4, -0.2) is 4.98 Å². The predicted molar refractivity (Wildman–Crippen MR) is 231 cm³/mol. The second kappa shape index (κ2) is 10.9. The number of pyridine rings is 1. The van der Waals surface area contributed by atoms with E-state index in [0.29, 0.717) is 0 Å². The van der Waals surface area contributed by atoms with Crippen LogP contribution in [-0.2, 0) is 5.41 Å². The van der Waals surface area contributed by atoms with Gasteiger partial charge in [-0.1, -0.05) is 146 Å². The summed E-state index contributed by atoms with van der Waals surface area (Å²) < 4.78 is 6.66. The number of furan rings is 1. The van der Waals surface area contributed by atoms with E-state index >= 15 is 0 Å².